The van der Waals surface area contributed by atoms with E-state index < -0.39 is 5.97 Å². The van der Waals surface area contributed by atoms with Crippen LogP contribution in [0.1, 0.15) is 48.1 Å². The molecular formula is C21H28N2O6. The Morgan fingerprint density at radius 2 is 1.90 bits per heavy atom. The first-order valence-electron chi connectivity index (χ1n) is 9.42. The highest BCUT2D eigenvalue weighted by atomic mass is 16.5. The Hall–Kier alpha value is -3.03. The SMILES string of the molecule is COc1cc(C(=O)OCC(=O)N[C@@H](C)C(C)C)ccc1OCc1c(C)noc1C. The van der Waals surface area contributed by atoms with Crippen molar-refractivity contribution in [1.82, 2.24) is 10.5 Å². The molecule has 0 unspecified atom stereocenters. The minimum atomic E-state index is -0.618. The normalized spacial score (nSPS) is 11.8. The van der Waals surface area contributed by atoms with Crippen LogP contribution in [0.4, 0.5) is 0 Å². The Balaban J connectivity index is 1.98. The van der Waals surface area contributed by atoms with E-state index in [9.17, 15) is 9.59 Å². The van der Waals surface area contributed by atoms with E-state index in [0.717, 1.165) is 11.3 Å². The van der Waals surface area contributed by atoms with Gasteiger partial charge >= 0.3 is 5.97 Å². The largest absolute Gasteiger partial charge is 0.493 e. The first-order chi connectivity index (χ1) is 13.7. The molecule has 2 aromatic rings. The zero-order valence-electron chi connectivity index (χ0n) is 17.7. The second-order valence-electron chi connectivity index (χ2n) is 7.13. The van der Waals surface area contributed by atoms with Gasteiger partial charge in [-0.1, -0.05) is 19.0 Å². The number of hydrogen-bond donors (Lipinski definition) is 1. The number of carbonyl (C=O) groups is 2. The van der Waals surface area contributed by atoms with Gasteiger partial charge < -0.3 is 24.1 Å². The van der Waals surface area contributed by atoms with Gasteiger partial charge in [0.2, 0.25) is 0 Å². The lowest BCUT2D eigenvalue weighted by atomic mass is 10.1. The van der Waals surface area contributed by atoms with E-state index in [1.165, 1.54) is 13.2 Å². The number of hydrogen-bond acceptors (Lipinski definition) is 7. The Labute approximate surface area is 170 Å². The first kappa shape index (κ1) is 22.3. The molecule has 1 aromatic heterocycles. The van der Waals surface area contributed by atoms with E-state index in [-0.39, 0.29) is 36.6 Å². The molecule has 8 heteroatoms. The lowest BCUT2D eigenvalue weighted by molar-refractivity contribution is -0.125. The summed E-state index contributed by atoms with van der Waals surface area (Å²) in [7, 11) is 1.48. The zero-order chi connectivity index (χ0) is 21.6. The third kappa shape index (κ3) is 5.97. The zero-order valence-corrected chi connectivity index (χ0v) is 17.7. The molecule has 29 heavy (non-hydrogen) atoms. The summed E-state index contributed by atoms with van der Waals surface area (Å²) in [4.78, 5) is 24.1. The number of amides is 1. The molecule has 0 saturated heterocycles. The predicted octanol–water partition coefficient (Wildman–Crippen LogP) is 3.20. The van der Waals surface area contributed by atoms with Crippen LogP contribution in [0.15, 0.2) is 22.7 Å². The minimum absolute atomic E-state index is 0.00423. The Morgan fingerprint density at radius 3 is 2.48 bits per heavy atom. The molecule has 0 saturated carbocycles. The topological polar surface area (TPSA) is 99.9 Å². The van der Waals surface area contributed by atoms with Gasteiger partial charge in [0.05, 0.1) is 23.9 Å². The van der Waals surface area contributed by atoms with Gasteiger partial charge in [0.1, 0.15) is 12.4 Å². The third-order valence-electron chi connectivity index (χ3n) is 4.68. The monoisotopic (exact) mass is 404 g/mol. The van der Waals surface area contributed by atoms with Crippen molar-refractivity contribution >= 4 is 11.9 Å². The van der Waals surface area contributed by atoms with Crippen molar-refractivity contribution in [3.05, 3.63) is 40.8 Å². The number of ether oxygens (including phenoxy) is 3. The molecule has 0 aliphatic carbocycles. The molecule has 0 spiro atoms. The van der Waals surface area contributed by atoms with Crippen molar-refractivity contribution in [2.24, 2.45) is 5.92 Å². The van der Waals surface area contributed by atoms with Crippen molar-refractivity contribution in [2.45, 2.75) is 47.3 Å². The first-order valence-corrected chi connectivity index (χ1v) is 9.42. The summed E-state index contributed by atoms with van der Waals surface area (Å²) in [6.45, 7) is 9.46. The number of esters is 1. The fourth-order valence-corrected chi connectivity index (χ4v) is 2.45. The molecular weight excluding hydrogens is 376 g/mol. The maximum atomic E-state index is 12.3. The van der Waals surface area contributed by atoms with Crippen molar-refractivity contribution < 1.29 is 28.3 Å². The molecule has 0 aliphatic heterocycles. The molecule has 8 nitrogen and oxygen atoms in total. The number of methoxy groups -OCH3 is 1. The molecule has 158 valence electrons. The van der Waals surface area contributed by atoms with Gasteiger partial charge in [-0.25, -0.2) is 4.79 Å². The molecule has 1 atom stereocenters. The summed E-state index contributed by atoms with van der Waals surface area (Å²) >= 11 is 0. The van der Waals surface area contributed by atoms with Gasteiger partial charge in [-0.3, -0.25) is 4.79 Å². The average Bonchev–Trinajstić information content (AvgIpc) is 3.01. The lowest BCUT2D eigenvalue weighted by Gasteiger charge is -2.17. The number of rotatable bonds is 9. The molecule has 1 heterocycles. The molecule has 1 N–H and O–H groups in total. The summed E-state index contributed by atoms with van der Waals surface area (Å²) < 4.78 is 21.3. The van der Waals surface area contributed by atoms with Crippen LogP contribution >= 0.6 is 0 Å². The van der Waals surface area contributed by atoms with E-state index in [1.54, 1.807) is 12.1 Å². The van der Waals surface area contributed by atoms with Crippen molar-refractivity contribution in [2.75, 3.05) is 13.7 Å². The molecule has 0 fully saturated rings. The molecule has 0 bridgehead atoms. The highest BCUT2D eigenvalue weighted by Gasteiger charge is 2.17. The van der Waals surface area contributed by atoms with Crippen LogP contribution in [0.5, 0.6) is 11.5 Å². The minimum Gasteiger partial charge on any atom is -0.493 e. The van der Waals surface area contributed by atoms with E-state index in [0.29, 0.717) is 17.3 Å². The number of aromatic nitrogens is 1. The maximum absolute atomic E-state index is 12.3. The van der Waals surface area contributed by atoms with Gasteiger partial charge in [0.15, 0.2) is 18.1 Å². The van der Waals surface area contributed by atoms with Gasteiger partial charge in [-0.15, -0.1) is 0 Å². The van der Waals surface area contributed by atoms with E-state index in [4.69, 9.17) is 18.7 Å². The van der Waals surface area contributed by atoms with Gasteiger partial charge in [-0.2, -0.15) is 0 Å². The summed E-state index contributed by atoms with van der Waals surface area (Å²) in [6.07, 6.45) is 0. The van der Waals surface area contributed by atoms with Crippen molar-refractivity contribution in [3.8, 4) is 11.5 Å². The smallest absolute Gasteiger partial charge is 0.338 e. The lowest BCUT2D eigenvalue weighted by Crippen LogP contribution is -2.38. The highest BCUT2D eigenvalue weighted by Crippen LogP contribution is 2.29. The molecule has 0 aliphatic rings. The summed E-state index contributed by atoms with van der Waals surface area (Å²) in [6, 6.07) is 4.69. The maximum Gasteiger partial charge on any atom is 0.338 e. The second-order valence-corrected chi connectivity index (χ2v) is 7.13. The van der Waals surface area contributed by atoms with Crippen molar-refractivity contribution in [1.29, 1.82) is 0 Å². The average molecular weight is 404 g/mol. The van der Waals surface area contributed by atoms with Crippen LogP contribution in [0.3, 0.4) is 0 Å². The highest BCUT2D eigenvalue weighted by molar-refractivity contribution is 5.92. The Kier molecular flexibility index (Phi) is 7.64. The van der Waals surface area contributed by atoms with Crippen molar-refractivity contribution in [3.63, 3.8) is 0 Å². The molecule has 1 amide bonds. The number of nitrogens with zero attached hydrogens (tertiary/aromatic N) is 1. The summed E-state index contributed by atoms with van der Waals surface area (Å²) in [5.74, 6) is 0.860. The molecule has 2 rings (SSSR count). The van der Waals surface area contributed by atoms with Gasteiger partial charge in [-0.05, 0) is 44.9 Å². The predicted molar refractivity (Wildman–Crippen MR) is 106 cm³/mol. The van der Waals surface area contributed by atoms with Crippen LogP contribution in [-0.2, 0) is 16.1 Å². The number of carbonyl (C=O) groups excluding carboxylic acids is 2. The van der Waals surface area contributed by atoms with Crippen LogP contribution in [0, 0.1) is 19.8 Å². The summed E-state index contributed by atoms with van der Waals surface area (Å²) in [5.41, 5.74) is 1.88. The van der Waals surface area contributed by atoms with E-state index >= 15 is 0 Å². The number of benzene rings is 1. The molecule has 0 radical (unpaired) electrons. The number of aryl methyl sites for hydroxylation is 2. The van der Waals surface area contributed by atoms with Gasteiger partial charge in [0, 0.05) is 6.04 Å². The number of nitrogens with one attached hydrogen (secondary N) is 1. The Bertz CT molecular complexity index is 839. The van der Waals surface area contributed by atoms with E-state index in [2.05, 4.69) is 10.5 Å². The second kappa shape index (κ2) is 9.95. The van der Waals surface area contributed by atoms with Gasteiger partial charge in [0.25, 0.3) is 5.91 Å². The van der Waals surface area contributed by atoms with Crippen LogP contribution in [0.25, 0.3) is 0 Å². The fraction of sp³-hybridized carbons (Fsp3) is 0.476. The fourth-order valence-electron chi connectivity index (χ4n) is 2.45. The standard InChI is InChI=1S/C21H28N2O6/c1-12(2)13(3)22-20(24)11-28-21(25)16-7-8-18(19(9-16)26-6)27-10-17-14(4)23-29-15(17)5/h7-9,12-13H,10-11H2,1-6H3,(H,22,24)/t13-/m0/s1. The quantitative estimate of drug-likeness (QED) is 0.641. The van der Waals surface area contributed by atoms with Crippen LogP contribution < -0.4 is 14.8 Å². The third-order valence-corrected chi connectivity index (χ3v) is 4.68. The summed E-state index contributed by atoms with van der Waals surface area (Å²) in [5, 5.41) is 6.67. The van der Waals surface area contributed by atoms with E-state index in [1.807, 2.05) is 34.6 Å². The van der Waals surface area contributed by atoms with Crippen LogP contribution in [-0.4, -0.2) is 36.8 Å². The van der Waals surface area contributed by atoms with Crippen LogP contribution in [0.2, 0.25) is 0 Å². The molecule has 1 aromatic carbocycles. The Morgan fingerprint density at radius 1 is 1.17 bits per heavy atom.